The minimum atomic E-state index is -0.803. The summed E-state index contributed by atoms with van der Waals surface area (Å²) >= 11 is 0. The van der Waals surface area contributed by atoms with Gasteiger partial charge >= 0.3 is 11.7 Å². The molecule has 0 aliphatic carbocycles. The van der Waals surface area contributed by atoms with E-state index in [0.717, 1.165) is 10.8 Å². The van der Waals surface area contributed by atoms with Gasteiger partial charge in [0.1, 0.15) is 11.8 Å². The molecule has 5 heteroatoms. The lowest BCUT2D eigenvalue weighted by atomic mass is 10.1. The molecule has 124 valence electrons. The molecule has 3 aromatic carbocycles. The Morgan fingerprint density at radius 3 is 2.56 bits per heavy atom. The number of benzene rings is 3. The molecule has 0 amide bonds. The van der Waals surface area contributed by atoms with Crippen LogP contribution in [0.1, 0.15) is 13.0 Å². The minimum absolute atomic E-state index is 0.441. The maximum absolute atomic E-state index is 12.5. The molecule has 1 atom stereocenters. The van der Waals surface area contributed by atoms with Crippen molar-refractivity contribution in [2.75, 3.05) is 0 Å². The molecule has 0 bridgehead atoms. The van der Waals surface area contributed by atoms with Gasteiger partial charge < -0.3 is 9.15 Å². The summed E-state index contributed by atoms with van der Waals surface area (Å²) in [6.07, 6.45) is 0. The van der Waals surface area contributed by atoms with E-state index in [4.69, 9.17) is 9.15 Å². The lowest BCUT2D eigenvalue weighted by Crippen LogP contribution is -2.28. The van der Waals surface area contributed by atoms with Crippen molar-refractivity contribution in [1.82, 2.24) is 4.57 Å². The van der Waals surface area contributed by atoms with E-state index < -0.39 is 17.8 Å². The van der Waals surface area contributed by atoms with Crippen LogP contribution in [-0.2, 0) is 4.79 Å². The summed E-state index contributed by atoms with van der Waals surface area (Å²) < 4.78 is 12.0. The number of oxazole rings is 1. The molecular formula is C20H15NO4. The Hall–Kier alpha value is -3.34. The molecule has 0 spiro atoms. The number of carbonyl (C=O) groups excluding carboxylic acids is 1. The fourth-order valence-corrected chi connectivity index (χ4v) is 2.89. The molecule has 1 unspecified atom stereocenters. The molecule has 0 aliphatic heterocycles. The Morgan fingerprint density at radius 2 is 1.72 bits per heavy atom. The second-order valence-electron chi connectivity index (χ2n) is 5.81. The maximum Gasteiger partial charge on any atom is 0.420 e. The van der Waals surface area contributed by atoms with Crippen LogP contribution in [0.5, 0.6) is 5.75 Å². The highest BCUT2D eigenvalue weighted by molar-refractivity contribution is 5.85. The highest BCUT2D eigenvalue weighted by atomic mass is 16.5. The first kappa shape index (κ1) is 15.2. The number of esters is 1. The van der Waals surface area contributed by atoms with E-state index in [0.29, 0.717) is 16.8 Å². The Morgan fingerprint density at radius 1 is 1.00 bits per heavy atom. The Kier molecular flexibility index (Phi) is 3.61. The van der Waals surface area contributed by atoms with E-state index in [-0.39, 0.29) is 0 Å². The van der Waals surface area contributed by atoms with Crippen LogP contribution in [0.15, 0.2) is 75.9 Å². The van der Waals surface area contributed by atoms with E-state index in [9.17, 15) is 9.59 Å². The average molecular weight is 333 g/mol. The zero-order valence-electron chi connectivity index (χ0n) is 13.5. The Labute approximate surface area is 143 Å². The van der Waals surface area contributed by atoms with E-state index in [1.165, 1.54) is 4.57 Å². The minimum Gasteiger partial charge on any atom is -0.425 e. The fourth-order valence-electron chi connectivity index (χ4n) is 2.89. The molecule has 4 rings (SSSR count). The third-order valence-electron chi connectivity index (χ3n) is 4.19. The van der Waals surface area contributed by atoms with Gasteiger partial charge in [0.25, 0.3) is 0 Å². The predicted octanol–water partition coefficient (Wildman–Crippen LogP) is 3.91. The summed E-state index contributed by atoms with van der Waals surface area (Å²) in [4.78, 5) is 24.6. The van der Waals surface area contributed by atoms with Crippen molar-refractivity contribution in [2.24, 2.45) is 0 Å². The van der Waals surface area contributed by atoms with Crippen molar-refractivity contribution < 1.29 is 13.9 Å². The molecular weight excluding hydrogens is 318 g/mol. The molecule has 1 aromatic heterocycles. The van der Waals surface area contributed by atoms with Crippen molar-refractivity contribution in [3.63, 3.8) is 0 Å². The van der Waals surface area contributed by atoms with Crippen LogP contribution >= 0.6 is 0 Å². The number of para-hydroxylation sites is 2. The van der Waals surface area contributed by atoms with Crippen LogP contribution in [0.25, 0.3) is 21.9 Å². The van der Waals surface area contributed by atoms with Crippen molar-refractivity contribution in [3.8, 4) is 5.75 Å². The molecule has 5 nitrogen and oxygen atoms in total. The van der Waals surface area contributed by atoms with Gasteiger partial charge in [-0.15, -0.1) is 0 Å². The third kappa shape index (κ3) is 2.70. The molecule has 25 heavy (non-hydrogen) atoms. The van der Waals surface area contributed by atoms with E-state index in [1.54, 1.807) is 43.3 Å². The number of carbonyl (C=O) groups is 1. The van der Waals surface area contributed by atoms with Crippen molar-refractivity contribution in [3.05, 3.63) is 77.3 Å². The van der Waals surface area contributed by atoms with E-state index in [1.807, 2.05) is 30.3 Å². The van der Waals surface area contributed by atoms with Gasteiger partial charge in [0.05, 0.1) is 5.52 Å². The summed E-state index contributed by atoms with van der Waals surface area (Å²) in [5.41, 5.74) is 1.01. The van der Waals surface area contributed by atoms with E-state index >= 15 is 0 Å². The van der Waals surface area contributed by atoms with Crippen LogP contribution in [0, 0.1) is 0 Å². The molecule has 0 radical (unpaired) electrons. The summed E-state index contributed by atoms with van der Waals surface area (Å²) in [5, 5.41) is 2.04. The van der Waals surface area contributed by atoms with Crippen molar-refractivity contribution in [2.45, 2.75) is 13.0 Å². The van der Waals surface area contributed by atoms with Gasteiger partial charge in [-0.2, -0.15) is 0 Å². The number of rotatable bonds is 3. The average Bonchev–Trinajstić information content (AvgIpc) is 2.96. The maximum atomic E-state index is 12.5. The zero-order chi connectivity index (χ0) is 17.4. The van der Waals surface area contributed by atoms with Gasteiger partial charge in [-0.05, 0) is 42.0 Å². The topological polar surface area (TPSA) is 61.4 Å². The van der Waals surface area contributed by atoms with Crippen LogP contribution in [0.2, 0.25) is 0 Å². The predicted molar refractivity (Wildman–Crippen MR) is 94.8 cm³/mol. The highest BCUT2D eigenvalue weighted by Gasteiger charge is 2.23. The first-order valence-corrected chi connectivity index (χ1v) is 7.94. The lowest BCUT2D eigenvalue weighted by Gasteiger charge is -2.12. The van der Waals surface area contributed by atoms with Crippen LogP contribution in [-0.4, -0.2) is 10.5 Å². The van der Waals surface area contributed by atoms with E-state index in [2.05, 4.69) is 0 Å². The first-order chi connectivity index (χ1) is 12.1. The van der Waals surface area contributed by atoms with Gasteiger partial charge in [-0.25, -0.2) is 9.59 Å². The zero-order valence-corrected chi connectivity index (χ0v) is 13.5. The number of aromatic nitrogens is 1. The van der Waals surface area contributed by atoms with Crippen molar-refractivity contribution >= 4 is 27.8 Å². The van der Waals surface area contributed by atoms with Crippen LogP contribution in [0.3, 0.4) is 0 Å². The van der Waals surface area contributed by atoms with Gasteiger partial charge in [0.15, 0.2) is 5.58 Å². The smallest absolute Gasteiger partial charge is 0.420 e. The number of hydrogen-bond acceptors (Lipinski definition) is 4. The van der Waals surface area contributed by atoms with Gasteiger partial charge in [0, 0.05) is 0 Å². The summed E-state index contributed by atoms with van der Waals surface area (Å²) in [7, 11) is 0. The second kappa shape index (κ2) is 5.94. The lowest BCUT2D eigenvalue weighted by molar-refractivity contribution is -0.137. The van der Waals surface area contributed by atoms with Crippen LogP contribution in [0.4, 0.5) is 0 Å². The molecule has 0 N–H and O–H groups in total. The number of fused-ring (bicyclic) bond motifs is 2. The molecule has 0 aliphatic rings. The largest absolute Gasteiger partial charge is 0.425 e. The Balaban J connectivity index is 1.65. The van der Waals surface area contributed by atoms with Gasteiger partial charge in [-0.3, -0.25) is 4.57 Å². The van der Waals surface area contributed by atoms with Gasteiger partial charge in [-0.1, -0.05) is 42.5 Å². The second-order valence-corrected chi connectivity index (χ2v) is 5.81. The Bertz CT molecular complexity index is 1140. The van der Waals surface area contributed by atoms with Crippen LogP contribution < -0.4 is 10.5 Å². The molecule has 1 heterocycles. The highest BCUT2D eigenvalue weighted by Crippen LogP contribution is 2.23. The summed E-state index contributed by atoms with van der Waals surface area (Å²) in [6, 6.07) is 19.4. The number of hydrogen-bond donors (Lipinski definition) is 0. The summed E-state index contributed by atoms with van der Waals surface area (Å²) in [6.45, 7) is 1.62. The molecule has 0 saturated heterocycles. The SMILES string of the molecule is CC(C(=O)Oc1ccc2ccccc2c1)n1c(=O)oc2ccccc21. The normalized spacial score (nSPS) is 12.4. The summed E-state index contributed by atoms with van der Waals surface area (Å²) in [5.74, 6) is -0.663. The molecule has 0 fully saturated rings. The first-order valence-electron chi connectivity index (χ1n) is 7.94. The molecule has 4 aromatic rings. The quantitative estimate of drug-likeness (QED) is 0.421. The monoisotopic (exact) mass is 333 g/mol. The standard InChI is InChI=1S/C20H15NO4/c1-13(21-17-8-4-5-9-18(17)25-20(21)23)19(22)24-16-11-10-14-6-2-3-7-15(14)12-16/h2-13H,1H3. The fraction of sp³-hybridized carbons (Fsp3) is 0.100. The van der Waals surface area contributed by atoms with Gasteiger partial charge in [0.2, 0.25) is 0 Å². The number of nitrogens with zero attached hydrogens (tertiary/aromatic N) is 1. The molecule has 0 saturated carbocycles. The number of ether oxygens (including phenoxy) is 1. The third-order valence-corrected chi connectivity index (χ3v) is 4.19. The van der Waals surface area contributed by atoms with Crippen molar-refractivity contribution in [1.29, 1.82) is 0 Å².